The highest BCUT2D eigenvalue weighted by atomic mass is 15.3. The minimum absolute atomic E-state index is 0.186. The lowest BCUT2D eigenvalue weighted by Crippen LogP contribution is -2.60. The maximum Gasteiger partial charge on any atom is 0.0394 e. The summed E-state index contributed by atoms with van der Waals surface area (Å²) in [6.45, 7) is 9.08. The Morgan fingerprint density at radius 3 is 1.94 bits per heavy atom. The first kappa shape index (κ1) is 16.9. The van der Waals surface area contributed by atoms with Gasteiger partial charge in [-0.3, -0.25) is 11.3 Å². The van der Waals surface area contributed by atoms with E-state index in [0.717, 1.165) is 25.2 Å². The normalized spacial score (nSPS) is 14.6. The summed E-state index contributed by atoms with van der Waals surface area (Å²) < 4.78 is 0. The first-order valence-corrected chi connectivity index (χ1v) is 7.08. The van der Waals surface area contributed by atoms with Crippen molar-refractivity contribution in [3.05, 3.63) is 0 Å². The van der Waals surface area contributed by atoms with Crippen LogP contribution in [0.3, 0.4) is 0 Å². The van der Waals surface area contributed by atoms with Crippen molar-refractivity contribution in [2.45, 2.75) is 71.4 Å². The third-order valence-corrected chi connectivity index (χ3v) is 4.24. The van der Waals surface area contributed by atoms with Crippen LogP contribution in [0.25, 0.3) is 0 Å². The second-order valence-electron chi connectivity index (χ2n) is 5.75. The van der Waals surface area contributed by atoms with Gasteiger partial charge in [-0.15, -0.1) is 0 Å². The smallest absolute Gasteiger partial charge is 0.0394 e. The van der Waals surface area contributed by atoms with Gasteiger partial charge >= 0.3 is 0 Å². The number of rotatable bonds is 9. The average molecular weight is 243 g/mol. The summed E-state index contributed by atoms with van der Waals surface area (Å²) in [6, 6.07) is 0.381. The zero-order valence-corrected chi connectivity index (χ0v) is 12.7. The zero-order valence-electron chi connectivity index (χ0n) is 12.7. The molecule has 0 heterocycles. The lowest BCUT2D eigenvalue weighted by molar-refractivity contribution is 0.0824. The van der Waals surface area contributed by atoms with Crippen LogP contribution in [0.1, 0.15) is 59.8 Å². The van der Waals surface area contributed by atoms with Gasteiger partial charge in [0.15, 0.2) is 0 Å². The van der Waals surface area contributed by atoms with Crippen LogP contribution in [0.5, 0.6) is 0 Å². The molecule has 0 aliphatic heterocycles. The Labute approximate surface area is 108 Å². The van der Waals surface area contributed by atoms with Crippen LogP contribution in [0.15, 0.2) is 0 Å². The fourth-order valence-electron chi connectivity index (χ4n) is 2.92. The van der Waals surface area contributed by atoms with E-state index in [1.807, 2.05) is 0 Å². The second-order valence-corrected chi connectivity index (χ2v) is 5.75. The summed E-state index contributed by atoms with van der Waals surface area (Å²) in [5.41, 5.74) is 3.24. The van der Waals surface area contributed by atoms with Crippen molar-refractivity contribution in [2.75, 3.05) is 14.1 Å². The molecule has 3 heteroatoms. The molecular formula is C14H33N3. The summed E-state index contributed by atoms with van der Waals surface area (Å²) in [6.07, 6.45) is 5.96. The van der Waals surface area contributed by atoms with Gasteiger partial charge in [-0.25, -0.2) is 0 Å². The van der Waals surface area contributed by atoms with Crippen molar-refractivity contribution < 1.29 is 0 Å². The van der Waals surface area contributed by atoms with Crippen LogP contribution in [0.2, 0.25) is 0 Å². The zero-order chi connectivity index (χ0) is 13.5. The summed E-state index contributed by atoms with van der Waals surface area (Å²) in [5.74, 6) is 6.57. The summed E-state index contributed by atoms with van der Waals surface area (Å²) in [5, 5.41) is 0. The number of likely N-dealkylation sites (N-methyl/N-ethyl adjacent to an activating group) is 1. The molecule has 0 spiro atoms. The molecule has 0 aromatic heterocycles. The Morgan fingerprint density at radius 2 is 1.65 bits per heavy atom. The van der Waals surface area contributed by atoms with Gasteiger partial charge in [-0.1, -0.05) is 40.5 Å². The molecule has 0 fully saturated rings. The highest BCUT2D eigenvalue weighted by molar-refractivity contribution is 4.96. The van der Waals surface area contributed by atoms with Gasteiger partial charge in [0.25, 0.3) is 0 Å². The van der Waals surface area contributed by atoms with E-state index in [9.17, 15) is 0 Å². The Morgan fingerprint density at radius 1 is 1.12 bits per heavy atom. The predicted octanol–water partition coefficient (Wildman–Crippen LogP) is 2.77. The van der Waals surface area contributed by atoms with Crippen molar-refractivity contribution in [1.82, 2.24) is 10.3 Å². The molecule has 1 unspecified atom stereocenters. The van der Waals surface area contributed by atoms with Gasteiger partial charge in [0, 0.05) is 11.6 Å². The van der Waals surface area contributed by atoms with E-state index in [4.69, 9.17) is 5.84 Å². The molecular weight excluding hydrogens is 210 g/mol. The van der Waals surface area contributed by atoms with Crippen LogP contribution in [0, 0.1) is 5.92 Å². The number of hydrogen-bond acceptors (Lipinski definition) is 3. The summed E-state index contributed by atoms with van der Waals surface area (Å²) in [4.78, 5) is 2.34. The van der Waals surface area contributed by atoms with Gasteiger partial charge in [0.05, 0.1) is 0 Å². The summed E-state index contributed by atoms with van der Waals surface area (Å²) >= 11 is 0. The Bertz CT molecular complexity index is 186. The molecule has 3 nitrogen and oxygen atoms in total. The van der Waals surface area contributed by atoms with E-state index in [-0.39, 0.29) is 5.54 Å². The van der Waals surface area contributed by atoms with E-state index in [1.54, 1.807) is 0 Å². The van der Waals surface area contributed by atoms with Gasteiger partial charge in [-0.2, -0.15) is 0 Å². The fraction of sp³-hybridized carbons (Fsp3) is 1.00. The predicted molar refractivity (Wildman–Crippen MR) is 76.8 cm³/mol. The molecule has 0 aliphatic carbocycles. The second kappa shape index (κ2) is 8.06. The van der Waals surface area contributed by atoms with Gasteiger partial charge in [-0.05, 0) is 39.3 Å². The van der Waals surface area contributed by atoms with E-state index < -0.39 is 0 Å². The Kier molecular flexibility index (Phi) is 8.01. The molecule has 0 rings (SSSR count). The third-order valence-electron chi connectivity index (χ3n) is 4.24. The van der Waals surface area contributed by atoms with E-state index in [2.05, 4.69) is 52.1 Å². The van der Waals surface area contributed by atoms with Crippen LogP contribution in [-0.2, 0) is 0 Å². The molecule has 0 saturated heterocycles. The number of nitrogens with one attached hydrogen (secondary N) is 1. The topological polar surface area (TPSA) is 41.3 Å². The van der Waals surface area contributed by atoms with Crippen molar-refractivity contribution >= 4 is 0 Å². The lowest BCUT2D eigenvalue weighted by atomic mass is 9.80. The first-order chi connectivity index (χ1) is 7.94. The molecule has 0 aromatic rings. The largest absolute Gasteiger partial charge is 0.302 e. The molecule has 0 aliphatic rings. The minimum atomic E-state index is 0.186. The molecule has 0 radical (unpaired) electrons. The van der Waals surface area contributed by atoms with Crippen molar-refractivity contribution in [3.8, 4) is 0 Å². The molecule has 1 atom stereocenters. The quantitative estimate of drug-likeness (QED) is 0.483. The minimum Gasteiger partial charge on any atom is -0.302 e. The number of hydrazine groups is 1. The van der Waals surface area contributed by atoms with Gasteiger partial charge in [0.2, 0.25) is 0 Å². The maximum atomic E-state index is 5.79. The SMILES string of the molecule is CCC(CC)(C(CCCC(C)C)NN)N(C)C. The number of nitrogens with two attached hydrogens (primary N) is 1. The standard InChI is InChI=1S/C14H33N3/c1-7-14(8-2,17(5)6)13(16-15)11-9-10-12(3)4/h12-13,16H,7-11,15H2,1-6H3. The van der Waals surface area contributed by atoms with Crippen molar-refractivity contribution in [3.63, 3.8) is 0 Å². The Balaban J connectivity index is 4.56. The van der Waals surface area contributed by atoms with Crippen LogP contribution >= 0.6 is 0 Å². The molecule has 17 heavy (non-hydrogen) atoms. The Hall–Kier alpha value is -0.120. The lowest BCUT2D eigenvalue weighted by Gasteiger charge is -2.45. The number of nitrogens with zero attached hydrogens (tertiary/aromatic N) is 1. The molecule has 3 N–H and O–H groups in total. The monoisotopic (exact) mass is 243 g/mol. The van der Waals surface area contributed by atoms with E-state index >= 15 is 0 Å². The molecule has 0 bridgehead atoms. The average Bonchev–Trinajstić information content (AvgIpc) is 2.28. The van der Waals surface area contributed by atoms with Gasteiger partial charge < -0.3 is 4.90 Å². The van der Waals surface area contributed by atoms with E-state index in [0.29, 0.717) is 6.04 Å². The molecule has 0 amide bonds. The van der Waals surface area contributed by atoms with Crippen LogP contribution < -0.4 is 11.3 Å². The van der Waals surface area contributed by atoms with Crippen molar-refractivity contribution in [1.29, 1.82) is 0 Å². The van der Waals surface area contributed by atoms with Crippen LogP contribution in [-0.4, -0.2) is 30.6 Å². The third kappa shape index (κ3) is 4.57. The molecule has 0 saturated carbocycles. The van der Waals surface area contributed by atoms with Gasteiger partial charge in [0.1, 0.15) is 0 Å². The van der Waals surface area contributed by atoms with E-state index in [1.165, 1.54) is 12.8 Å². The highest BCUT2D eigenvalue weighted by Gasteiger charge is 2.36. The molecule has 104 valence electrons. The van der Waals surface area contributed by atoms with Crippen LogP contribution in [0.4, 0.5) is 0 Å². The van der Waals surface area contributed by atoms with Crippen molar-refractivity contribution in [2.24, 2.45) is 11.8 Å². The number of hydrogen-bond donors (Lipinski definition) is 2. The maximum absolute atomic E-state index is 5.79. The first-order valence-electron chi connectivity index (χ1n) is 7.08. The highest BCUT2D eigenvalue weighted by Crippen LogP contribution is 2.28. The fourth-order valence-corrected chi connectivity index (χ4v) is 2.92. The molecule has 0 aromatic carbocycles. The summed E-state index contributed by atoms with van der Waals surface area (Å²) in [7, 11) is 4.33.